The summed E-state index contributed by atoms with van der Waals surface area (Å²) in [6.45, 7) is 1.96. The molecule has 0 unspecified atom stereocenters. The Morgan fingerprint density at radius 3 is 2.85 bits per heavy atom. The van der Waals surface area contributed by atoms with Crippen LogP contribution in [-0.2, 0) is 10.5 Å². The van der Waals surface area contributed by atoms with E-state index < -0.39 is 0 Å². The lowest BCUT2D eigenvalue weighted by molar-refractivity contribution is -0.120. The van der Waals surface area contributed by atoms with E-state index in [4.69, 9.17) is 0 Å². The standard InChI is InChI=1S/C13H21N5OS/c1-9(13(19)14-10-4-2-3-5-10)20-8-12-15-16-17-18(12)11-6-7-11/h9-11H,2-8H2,1H3,(H,14,19)/t9-/m1/s1. The molecule has 1 heterocycles. The van der Waals surface area contributed by atoms with Crippen LogP contribution in [0.25, 0.3) is 0 Å². The summed E-state index contributed by atoms with van der Waals surface area (Å²) in [6.07, 6.45) is 7.07. The molecule has 1 amide bonds. The Kier molecular flexibility index (Phi) is 4.24. The average molecular weight is 295 g/mol. The largest absolute Gasteiger partial charge is 0.352 e. The fraction of sp³-hybridized carbons (Fsp3) is 0.846. The van der Waals surface area contributed by atoms with Crippen LogP contribution >= 0.6 is 11.8 Å². The normalized spacial score (nSPS) is 21.1. The minimum absolute atomic E-state index is 0.0556. The van der Waals surface area contributed by atoms with Gasteiger partial charge in [-0.3, -0.25) is 4.79 Å². The zero-order chi connectivity index (χ0) is 13.9. The summed E-state index contributed by atoms with van der Waals surface area (Å²) < 4.78 is 1.91. The number of nitrogens with one attached hydrogen (secondary N) is 1. The van der Waals surface area contributed by atoms with E-state index in [2.05, 4.69) is 20.8 Å². The van der Waals surface area contributed by atoms with Crippen LogP contribution in [0, 0.1) is 0 Å². The predicted octanol–water partition coefficient (Wildman–Crippen LogP) is 1.69. The molecule has 1 N–H and O–H groups in total. The Morgan fingerprint density at radius 1 is 1.40 bits per heavy atom. The lowest BCUT2D eigenvalue weighted by Gasteiger charge is -2.16. The fourth-order valence-electron chi connectivity index (χ4n) is 2.57. The van der Waals surface area contributed by atoms with Gasteiger partial charge in [0.2, 0.25) is 5.91 Å². The van der Waals surface area contributed by atoms with E-state index in [1.165, 1.54) is 25.7 Å². The number of aromatic nitrogens is 4. The van der Waals surface area contributed by atoms with Gasteiger partial charge in [-0.15, -0.1) is 16.9 Å². The molecule has 2 fully saturated rings. The molecule has 6 nitrogen and oxygen atoms in total. The molecule has 0 spiro atoms. The van der Waals surface area contributed by atoms with Crippen molar-refractivity contribution in [3.8, 4) is 0 Å². The molecule has 110 valence electrons. The number of carbonyl (C=O) groups excluding carboxylic acids is 1. The van der Waals surface area contributed by atoms with Gasteiger partial charge in [-0.05, 0) is 43.0 Å². The maximum atomic E-state index is 12.1. The predicted molar refractivity (Wildman–Crippen MR) is 77.2 cm³/mol. The van der Waals surface area contributed by atoms with E-state index in [-0.39, 0.29) is 11.2 Å². The molecule has 2 aliphatic rings. The number of hydrogen-bond acceptors (Lipinski definition) is 5. The number of carbonyl (C=O) groups is 1. The SMILES string of the molecule is C[C@@H](SCc1nnnn1C1CC1)C(=O)NC1CCCC1. The first-order valence-electron chi connectivity index (χ1n) is 7.43. The van der Waals surface area contributed by atoms with Gasteiger partial charge in [0.25, 0.3) is 0 Å². The summed E-state index contributed by atoms with van der Waals surface area (Å²) in [6, 6.07) is 0.880. The Labute approximate surface area is 123 Å². The minimum Gasteiger partial charge on any atom is -0.352 e. The van der Waals surface area contributed by atoms with Gasteiger partial charge < -0.3 is 5.32 Å². The minimum atomic E-state index is -0.0556. The molecular formula is C13H21N5OS. The second kappa shape index (κ2) is 6.11. The number of tetrazole rings is 1. The van der Waals surface area contributed by atoms with Crippen LogP contribution in [0.15, 0.2) is 0 Å². The molecule has 0 aliphatic heterocycles. The summed E-state index contributed by atoms with van der Waals surface area (Å²) >= 11 is 1.61. The van der Waals surface area contributed by atoms with E-state index in [0.29, 0.717) is 17.8 Å². The topological polar surface area (TPSA) is 72.7 Å². The fourth-order valence-corrected chi connectivity index (χ4v) is 3.38. The first-order valence-corrected chi connectivity index (χ1v) is 8.47. The number of nitrogens with zero attached hydrogens (tertiary/aromatic N) is 4. The zero-order valence-corrected chi connectivity index (χ0v) is 12.6. The highest BCUT2D eigenvalue weighted by atomic mass is 32.2. The van der Waals surface area contributed by atoms with Crippen LogP contribution in [0.4, 0.5) is 0 Å². The van der Waals surface area contributed by atoms with Crippen LogP contribution in [0.5, 0.6) is 0 Å². The van der Waals surface area contributed by atoms with E-state index in [1.807, 2.05) is 11.6 Å². The molecule has 1 atom stereocenters. The first-order chi connectivity index (χ1) is 9.74. The smallest absolute Gasteiger partial charge is 0.233 e. The van der Waals surface area contributed by atoms with Gasteiger partial charge in [0.1, 0.15) is 0 Å². The van der Waals surface area contributed by atoms with E-state index >= 15 is 0 Å². The van der Waals surface area contributed by atoms with Gasteiger partial charge in [0, 0.05) is 6.04 Å². The van der Waals surface area contributed by atoms with Crippen LogP contribution in [0.1, 0.15) is 57.3 Å². The molecule has 0 aromatic carbocycles. The summed E-state index contributed by atoms with van der Waals surface area (Å²) in [4.78, 5) is 12.1. The Morgan fingerprint density at radius 2 is 2.15 bits per heavy atom. The molecule has 1 aromatic heterocycles. The first kappa shape index (κ1) is 13.9. The molecule has 2 aliphatic carbocycles. The van der Waals surface area contributed by atoms with Crippen molar-refractivity contribution in [3.05, 3.63) is 5.82 Å². The van der Waals surface area contributed by atoms with E-state index in [1.54, 1.807) is 11.8 Å². The Hall–Kier alpha value is -1.11. The Bertz CT molecular complexity index is 467. The third kappa shape index (κ3) is 3.31. The van der Waals surface area contributed by atoms with E-state index in [0.717, 1.165) is 18.7 Å². The van der Waals surface area contributed by atoms with Crippen molar-refractivity contribution in [1.29, 1.82) is 0 Å². The molecule has 7 heteroatoms. The van der Waals surface area contributed by atoms with Crippen LogP contribution < -0.4 is 5.32 Å². The highest BCUT2D eigenvalue weighted by Gasteiger charge is 2.28. The summed E-state index contributed by atoms with van der Waals surface area (Å²) in [5.74, 6) is 1.73. The van der Waals surface area contributed by atoms with Crippen molar-refractivity contribution in [2.24, 2.45) is 0 Å². The molecule has 0 saturated heterocycles. The van der Waals surface area contributed by atoms with Gasteiger partial charge in [-0.2, -0.15) is 0 Å². The molecule has 1 aromatic rings. The van der Waals surface area contributed by atoms with Crippen LogP contribution in [0.3, 0.4) is 0 Å². The van der Waals surface area contributed by atoms with Crippen LogP contribution in [-0.4, -0.2) is 37.4 Å². The Balaban J connectivity index is 1.46. The van der Waals surface area contributed by atoms with Crippen molar-refractivity contribution >= 4 is 17.7 Å². The van der Waals surface area contributed by atoms with Gasteiger partial charge in [-0.1, -0.05) is 12.8 Å². The second-order valence-corrected chi connectivity index (χ2v) is 7.04. The highest BCUT2D eigenvalue weighted by Crippen LogP contribution is 2.35. The van der Waals surface area contributed by atoms with Gasteiger partial charge in [0.15, 0.2) is 5.82 Å². The summed E-state index contributed by atoms with van der Waals surface area (Å²) in [5, 5.41) is 14.9. The van der Waals surface area contributed by atoms with Crippen molar-refractivity contribution in [1.82, 2.24) is 25.5 Å². The lowest BCUT2D eigenvalue weighted by Crippen LogP contribution is -2.37. The highest BCUT2D eigenvalue weighted by molar-refractivity contribution is 7.99. The van der Waals surface area contributed by atoms with Crippen molar-refractivity contribution < 1.29 is 4.79 Å². The number of thioether (sulfide) groups is 1. The van der Waals surface area contributed by atoms with Gasteiger partial charge >= 0.3 is 0 Å². The summed E-state index contributed by atoms with van der Waals surface area (Å²) in [7, 11) is 0. The quantitative estimate of drug-likeness (QED) is 0.864. The molecule has 3 rings (SSSR count). The average Bonchev–Trinajstić information content (AvgIpc) is 2.97. The van der Waals surface area contributed by atoms with E-state index in [9.17, 15) is 4.79 Å². The number of rotatable bonds is 6. The monoisotopic (exact) mass is 295 g/mol. The third-order valence-electron chi connectivity index (χ3n) is 3.99. The maximum absolute atomic E-state index is 12.1. The molecule has 0 radical (unpaired) electrons. The maximum Gasteiger partial charge on any atom is 0.233 e. The number of amides is 1. The molecule has 2 saturated carbocycles. The van der Waals surface area contributed by atoms with Crippen LogP contribution in [0.2, 0.25) is 0 Å². The van der Waals surface area contributed by atoms with Crippen molar-refractivity contribution in [2.75, 3.05) is 0 Å². The lowest BCUT2D eigenvalue weighted by atomic mass is 10.2. The molecule has 20 heavy (non-hydrogen) atoms. The third-order valence-corrected chi connectivity index (χ3v) is 5.13. The molecule has 0 bridgehead atoms. The van der Waals surface area contributed by atoms with Crippen molar-refractivity contribution in [3.63, 3.8) is 0 Å². The molecular weight excluding hydrogens is 274 g/mol. The number of hydrogen-bond donors (Lipinski definition) is 1. The second-order valence-electron chi connectivity index (χ2n) is 5.71. The van der Waals surface area contributed by atoms with Crippen molar-refractivity contribution in [2.45, 2.75) is 68.5 Å². The van der Waals surface area contributed by atoms with Gasteiger partial charge in [-0.25, -0.2) is 4.68 Å². The zero-order valence-electron chi connectivity index (χ0n) is 11.8. The van der Waals surface area contributed by atoms with Gasteiger partial charge in [0.05, 0.1) is 17.0 Å². The summed E-state index contributed by atoms with van der Waals surface area (Å²) in [5.41, 5.74) is 0.